The second kappa shape index (κ2) is 7.59. The Kier molecular flexibility index (Phi) is 5.27. The van der Waals surface area contributed by atoms with Gasteiger partial charge in [0, 0.05) is 30.9 Å². The van der Waals surface area contributed by atoms with E-state index < -0.39 is 0 Å². The number of carbonyl (C=O) groups excluding carboxylic acids is 2. The van der Waals surface area contributed by atoms with E-state index in [1.807, 2.05) is 6.07 Å². The fraction of sp³-hybridized carbons (Fsp3) is 0.688. The SMILES string of the molecule is O=C(CN1CCC[C@@H](c2ccn[nH]2)C1)N[C@H]1CCCCNC1=O. The van der Waals surface area contributed by atoms with Gasteiger partial charge in [0.2, 0.25) is 11.8 Å². The Morgan fingerprint density at radius 1 is 1.35 bits per heavy atom. The maximum Gasteiger partial charge on any atom is 0.242 e. The number of likely N-dealkylation sites (tertiary alicyclic amines) is 1. The molecule has 126 valence electrons. The third-order valence-electron chi connectivity index (χ3n) is 4.71. The lowest BCUT2D eigenvalue weighted by Crippen LogP contribution is -2.49. The molecule has 7 nitrogen and oxygen atoms in total. The van der Waals surface area contributed by atoms with E-state index in [9.17, 15) is 9.59 Å². The Hall–Kier alpha value is -1.89. The Morgan fingerprint density at radius 3 is 3.09 bits per heavy atom. The van der Waals surface area contributed by atoms with E-state index in [4.69, 9.17) is 0 Å². The van der Waals surface area contributed by atoms with Crippen molar-refractivity contribution in [2.75, 3.05) is 26.2 Å². The number of H-pyrrole nitrogens is 1. The van der Waals surface area contributed by atoms with Crippen LogP contribution in [-0.4, -0.2) is 59.1 Å². The van der Waals surface area contributed by atoms with Crippen LogP contribution in [-0.2, 0) is 9.59 Å². The zero-order valence-electron chi connectivity index (χ0n) is 13.4. The quantitative estimate of drug-likeness (QED) is 0.748. The summed E-state index contributed by atoms with van der Waals surface area (Å²) in [6.07, 6.45) is 6.64. The summed E-state index contributed by atoms with van der Waals surface area (Å²) in [5.74, 6) is 0.294. The van der Waals surface area contributed by atoms with Crippen LogP contribution in [0.3, 0.4) is 0 Å². The zero-order valence-corrected chi connectivity index (χ0v) is 13.4. The first-order valence-corrected chi connectivity index (χ1v) is 8.51. The van der Waals surface area contributed by atoms with Gasteiger partial charge in [-0.1, -0.05) is 0 Å². The van der Waals surface area contributed by atoms with Gasteiger partial charge in [0.15, 0.2) is 0 Å². The van der Waals surface area contributed by atoms with Crippen LogP contribution in [0.4, 0.5) is 0 Å². The largest absolute Gasteiger partial charge is 0.354 e. The molecule has 7 heteroatoms. The molecule has 1 aromatic heterocycles. The highest BCUT2D eigenvalue weighted by molar-refractivity contribution is 5.88. The van der Waals surface area contributed by atoms with E-state index >= 15 is 0 Å². The lowest BCUT2D eigenvalue weighted by molar-refractivity contribution is -0.129. The van der Waals surface area contributed by atoms with Gasteiger partial charge in [-0.3, -0.25) is 19.6 Å². The summed E-state index contributed by atoms with van der Waals surface area (Å²) in [5, 5.41) is 12.8. The summed E-state index contributed by atoms with van der Waals surface area (Å²) >= 11 is 0. The molecule has 2 atom stereocenters. The monoisotopic (exact) mass is 319 g/mol. The maximum absolute atomic E-state index is 12.3. The number of hydrogen-bond acceptors (Lipinski definition) is 4. The summed E-state index contributed by atoms with van der Waals surface area (Å²) < 4.78 is 0. The number of rotatable bonds is 4. The van der Waals surface area contributed by atoms with Crippen LogP contribution in [0.1, 0.15) is 43.7 Å². The van der Waals surface area contributed by atoms with E-state index in [1.54, 1.807) is 6.20 Å². The Balaban J connectivity index is 1.50. The molecule has 3 rings (SSSR count). The zero-order chi connectivity index (χ0) is 16.1. The molecular weight excluding hydrogens is 294 g/mol. The Bertz CT molecular complexity index is 531. The minimum absolute atomic E-state index is 0.0511. The predicted octanol–water partition coefficient (Wildman–Crippen LogP) is 0.374. The van der Waals surface area contributed by atoms with Crippen molar-refractivity contribution < 1.29 is 9.59 Å². The molecule has 2 aliphatic rings. The van der Waals surface area contributed by atoms with E-state index in [-0.39, 0.29) is 17.9 Å². The number of carbonyl (C=O) groups is 2. The smallest absolute Gasteiger partial charge is 0.242 e. The Morgan fingerprint density at radius 2 is 2.26 bits per heavy atom. The van der Waals surface area contributed by atoms with Crippen LogP contribution in [0.5, 0.6) is 0 Å². The molecule has 3 N–H and O–H groups in total. The summed E-state index contributed by atoms with van der Waals surface area (Å²) in [5.41, 5.74) is 1.14. The number of amides is 2. The first kappa shape index (κ1) is 16.0. The average molecular weight is 319 g/mol. The standard InChI is InChI=1S/C16H25N5O2/c22-15(19-14-5-1-2-7-17-16(14)23)11-21-9-3-4-12(10-21)13-6-8-18-20-13/h6,8,12,14H,1-5,7,9-11H2,(H,17,23)(H,18,20)(H,19,22)/t12-,14+/m1/s1. The molecule has 2 saturated heterocycles. The number of aromatic nitrogens is 2. The van der Waals surface area contributed by atoms with Gasteiger partial charge in [0.1, 0.15) is 6.04 Å². The van der Waals surface area contributed by atoms with Gasteiger partial charge in [-0.15, -0.1) is 0 Å². The van der Waals surface area contributed by atoms with Crippen LogP contribution in [0.2, 0.25) is 0 Å². The molecule has 0 spiro atoms. The van der Waals surface area contributed by atoms with Gasteiger partial charge in [-0.25, -0.2) is 0 Å². The average Bonchev–Trinajstić information content (AvgIpc) is 3.01. The van der Waals surface area contributed by atoms with Crippen LogP contribution in [0.25, 0.3) is 0 Å². The van der Waals surface area contributed by atoms with Crippen LogP contribution in [0, 0.1) is 0 Å². The third-order valence-corrected chi connectivity index (χ3v) is 4.71. The molecule has 0 aromatic carbocycles. The fourth-order valence-corrected chi connectivity index (χ4v) is 3.47. The molecule has 0 bridgehead atoms. The van der Waals surface area contributed by atoms with Crippen molar-refractivity contribution in [2.24, 2.45) is 0 Å². The molecule has 0 unspecified atom stereocenters. The Labute approximate surface area is 136 Å². The minimum atomic E-state index is -0.377. The molecule has 1 aromatic rings. The topological polar surface area (TPSA) is 90.1 Å². The molecule has 23 heavy (non-hydrogen) atoms. The van der Waals surface area contributed by atoms with Gasteiger partial charge < -0.3 is 10.6 Å². The molecule has 0 saturated carbocycles. The van der Waals surface area contributed by atoms with E-state index in [1.165, 1.54) is 0 Å². The number of nitrogens with one attached hydrogen (secondary N) is 3. The lowest BCUT2D eigenvalue weighted by atomic mass is 9.95. The van der Waals surface area contributed by atoms with Crippen molar-refractivity contribution in [1.82, 2.24) is 25.7 Å². The second-order valence-corrected chi connectivity index (χ2v) is 6.49. The van der Waals surface area contributed by atoms with Crippen molar-refractivity contribution in [1.29, 1.82) is 0 Å². The number of aromatic amines is 1. The van der Waals surface area contributed by atoms with Gasteiger partial charge >= 0.3 is 0 Å². The number of hydrogen-bond donors (Lipinski definition) is 3. The van der Waals surface area contributed by atoms with Crippen molar-refractivity contribution in [3.8, 4) is 0 Å². The minimum Gasteiger partial charge on any atom is -0.354 e. The van der Waals surface area contributed by atoms with E-state index in [2.05, 4.69) is 25.7 Å². The first-order chi connectivity index (χ1) is 11.2. The third kappa shape index (κ3) is 4.31. The highest BCUT2D eigenvalue weighted by atomic mass is 16.2. The second-order valence-electron chi connectivity index (χ2n) is 6.49. The predicted molar refractivity (Wildman–Crippen MR) is 85.8 cm³/mol. The van der Waals surface area contributed by atoms with Crippen LogP contribution >= 0.6 is 0 Å². The van der Waals surface area contributed by atoms with Gasteiger partial charge in [0.05, 0.1) is 6.54 Å². The van der Waals surface area contributed by atoms with Crippen molar-refractivity contribution in [3.05, 3.63) is 18.0 Å². The van der Waals surface area contributed by atoms with Gasteiger partial charge in [-0.05, 0) is 44.7 Å². The van der Waals surface area contributed by atoms with Gasteiger partial charge in [0.25, 0.3) is 0 Å². The normalized spacial score (nSPS) is 26.3. The van der Waals surface area contributed by atoms with Crippen molar-refractivity contribution in [3.63, 3.8) is 0 Å². The van der Waals surface area contributed by atoms with E-state index in [0.717, 1.165) is 50.9 Å². The molecular formula is C16H25N5O2. The highest BCUT2D eigenvalue weighted by Crippen LogP contribution is 2.24. The molecule has 0 radical (unpaired) electrons. The van der Waals surface area contributed by atoms with E-state index in [0.29, 0.717) is 19.0 Å². The van der Waals surface area contributed by atoms with Crippen LogP contribution < -0.4 is 10.6 Å². The van der Waals surface area contributed by atoms with Crippen molar-refractivity contribution in [2.45, 2.75) is 44.1 Å². The fourth-order valence-electron chi connectivity index (χ4n) is 3.47. The summed E-state index contributed by atoms with van der Waals surface area (Å²) in [6, 6.07) is 1.63. The van der Waals surface area contributed by atoms with Gasteiger partial charge in [-0.2, -0.15) is 5.10 Å². The summed E-state index contributed by atoms with van der Waals surface area (Å²) in [4.78, 5) is 26.3. The summed E-state index contributed by atoms with van der Waals surface area (Å²) in [6.45, 7) is 2.85. The van der Waals surface area contributed by atoms with Crippen LogP contribution in [0.15, 0.2) is 12.3 Å². The maximum atomic E-state index is 12.3. The summed E-state index contributed by atoms with van der Waals surface area (Å²) in [7, 11) is 0. The first-order valence-electron chi connectivity index (χ1n) is 8.51. The molecule has 0 aliphatic carbocycles. The number of piperidine rings is 1. The van der Waals surface area contributed by atoms with Crippen molar-refractivity contribution >= 4 is 11.8 Å². The molecule has 2 fully saturated rings. The lowest BCUT2D eigenvalue weighted by Gasteiger charge is -2.32. The molecule has 3 heterocycles. The number of nitrogens with zero attached hydrogens (tertiary/aromatic N) is 2. The molecule has 2 aliphatic heterocycles. The molecule has 2 amide bonds. The highest BCUT2D eigenvalue weighted by Gasteiger charge is 2.26.